The van der Waals surface area contributed by atoms with Crippen molar-refractivity contribution in [3.63, 3.8) is 0 Å². The van der Waals surface area contributed by atoms with Gasteiger partial charge in [0.2, 0.25) is 0 Å². The Balaban J connectivity index is 1.50. The van der Waals surface area contributed by atoms with Crippen LogP contribution < -0.4 is 24.9 Å². The van der Waals surface area contributed by atoms with Gasteiger partial charge in [0.25, 0.3) is 11.5 Å². The molecule has 7 nitrogen and oxygen atoms in total. The maximum atomic E-state index is 14.3. The van der Waals surface area contributed by atoms with Crippen LogP contribution in [0.1, 0.15) is 53.5 Å². The molecule has 1 amide bonds. The zero-order valence-electron chi connectivity index (χ0n) is 26.3. The quantitative estimate of drug-likeness (QED) is 0.233. The molecule has 0 unspecified atom stereocenters. The van der Waals surface area contributed by atoms with Crippen molar-refractivity contribution in [2.24, 2.45) is 4.99 Å². The molecule has 5 aromatic rings. The first-order valence-corrected chi connectivity index (χ1v) is 15.9. The largest absolute Gasteiger partial charge is 0.494 e. The minimum Gasteiger partial charge on any atom is -0.494 e. The summed E-state index contributed by atoms with van der Waals surface area (Å²) < 4.78 is 10.1. The normalized spacial score (nSPS) is 14.7. The molecule has 2 aromatic heterocycles. The lowest BCUT2D eigenvalue weighted by Crippen LogP contribution is -2.40. The highest BCUT2D eigenvalue weighted by Crippen LogP contribution is 2.32. The van der Waals surface area contributed by atoms with E-state index in [1.165, 1.54) is 22.5 Å². The second-order valence-corrected chi connectivity index (χ2v) is 12.3. The van der Waals surface area contributed by atoms with E-state index in [1.54, 1.807) is 4.57 Å². The second kappa shape index (κ2) is 12.2. The third kappa shape index (κ3) is 5.58. The van der Waals surface area contributed by atoms with Gasteiger partial charge in [0, 0.05) is 17.1 Å². The van der Waals surface area contributed by atoms with E-state index in [2.05, 4.69) is 61.8 Å². The van der Waals surface area contributed by atoms with Crippen LogP contribution in [0.5, 0.6) is 5.75 Å². The number of rotatable bonds is 7. The van der Waals surface area contributed by atoms with Crippen molar-refractivity contribution in [2.45, 2.75) is 47.6 Å². The molecule has 1 atom stereocenters. The lowest BCUT2D eigenvalue weighted by molar-refractivity contribution is -0.113. The smallest absolute Gasteiger partial charge is 0.271 e. The summed E-state index contributed by atoms with van der Waals surface area (Å²) in [4.78, 5) is 33.5. The van der Waals surface area contributed by atoms with Crippen LogP contribution in [0.15, 0.2) is 99.9 Å². The van der Waals surface area contributed by atoms with Gasteiger partial charge in [0.1, 0.15) is 5.75 Å². The first kappa shape index (κ1) is 30.1. The SMILES string of the molecule is CCOc1ccc([C@@H]2C(C(=O)Nc3ccccc3)=C(C)N=c3s/c(=C\c4cc(C)n(-c5c(C)cccc5C)c4C)c(=O)n32)cc1. The number of anilines is 1. The summed E-state index contributed by atoms with van der Waals surface area (Å²) in [6.07, 6.45) is 1.95. The molecule has 0 saturated carbocycles. The Morgan fingerprint density at radius 1 is 0.956 bits per heavy atom. The summed E-state index contributed by atoms with van der Waals surface area (Å²) >= 11 is 1.34. The molecule has 0 fully saturated rings. The monoisotopic (exact) mass is 616 g/mol. The van der Waals surface area contributed by atoms with Crippen molar-refractivity contribution in [1.29, 1.82) is 0 Å². The van der Waals surface area contributed by atoms with Crippen LogP contribution >= 0.6 is 11.3 Å². The highest BCUT2D eigenvalue weighted by Gasteiger charge is 2.32. The zero-order valence-corrected chi connectivity index (χ0v) is 27.2. The highest BCUT2D eigenvalue weighted by atomic mass is 32.1. The van der Waals surface area contributed by atoms with Crippen molar-refractivity contribution in [3.8, 4) is 11.4 Å². The van der Waals surface area contributed by atoms with E-state index in [-0.39, 0.29) is 11.5 Å². The van der Waals surface area contributed by atoms with Crippen LogP contribution in [-0.4, -0.2) is 21.6 Å². The van der Waals surface area contributed by atoms with Crippen molar-refractivity contribution in [2.75, 3.05) is 11.9 Å². The van der Waals surface area contributed by atoms with Crippen molar-refractivity contribution in [1.82, 2.24) is 9.13 Å². The minimum atomic E-state index is -0.662. The Kier molecular flexibility index (Phi) is 8.16. The number of thiazole rings is 1. The number of amides is 1. The Bertz CT molecular complexity index is 2110. The molecule has 0 spiro atoms. The summed E-state index contributed by atoms with van der Waals surface area (Å²) in [6, 6.07) is 24.7. The summed E-state index contributed by atoms with van der Waals surface area (Å²) in [5.74, 6) is 0.427. The van der Waals surface area contributed by atoms with Crippen LogP contribution in [0, 0.1) is 27.7 Å². The standard InChI is InChI=1S/C37H36N4O3S/c1-7-44-30-18-16-27(17-19-30)34-32(35(42)39-29-14-9-8-10-15-29)25(5)38-37-41(34)36(43)31(45-37)21-28-20-24(4)40(26(28)6)33-22(2)12-11-13-23(33)3/h8-21,34H,7H2,1-6H3,(H,39,42)/b31-21-/t34-/m1/s1. The van der Waals surface area contributed by atoms with Gasteiger partial charge in [-0.15, -0.1) is 0 Å². The Morgan fingerprint density at radius 3 is 2.31 bits per heavy atom. The number of hydrogen-bond donors (Lipinski definition) is 1. The average Bonchev–Trinajstić information content (AvgIpc) is 3.47. The Hall–Kier alpha value is -4.95. The Labute approximate surface area is 266 Å². The molecule has 1 aliphatic heterocycles. The lowest BCUT2D eigenvalue weighted by Gasteiger charge is -2.25. The predicted octanol–water partition coefficient (Wildman–Crippen LogP) is 6.30. The molecule has 3 aromatic carbocycles. The number of allylic oxidation sites excluding steroid dienone is 1. The summed E-state index contributed by atoms with van der Waals surface area (Å²) in [6.45, 7) is 12.7. The van der Waals surface area contributed by atoms with Gasteiger partial charge >= 0.3 is 0 Å². The van der Waals surface area contributed by atoms with Crippen LogP contribution in [0.3, 0.4) is 0 Å². The molecule has 0 aliphatic carbocycles. The lowest BCUT2D eigenvalue weighted by atomic mass is 9.95. The number of aromatic nitrogens is 2. The fraction of sp³-hybridized carbons (Fsp3) is 0.216. The minimum absolute atomic E-state index is 0.188. The van der Waals surface area contributed by atoms with E-state index in [1.807, 2.05) is 74.5 Å². The molecular formula is C37H36N4O3S. The van der Waals surface area contributed by atoms with Crippen LogP contribution in [0.25, 0.3) is 11.8 Å². The fourth-order valence-corrected chi connectivity index (χ4v) is 7.18. The number of benzene rings is 3. The molecule has 0 bridgehead atoms. The van der Waals surface area contributed by atoms with Crippen molar-refractivity contribution < 1.29 is 9.53 Å². The number of ether oxygens (including phenoxy) is 1. The number of nitrogens with zero attached hydrogens (tertiary/aromatic N) is 3. The van der Waals surface area contributed by atoms with Crippen LogP contribution in [0.4, 0.5) is 5.69 Å². The molecule has 0 saturated heterocycles. The van der Waals surface area contributed by atoms with Crippen LogP contribution in [0.2, 0.25) is 0 Å². The third-order valence-electron chi connectivity index (χ3n) is 8.22. The molecule has 6 rings (SSSR count). The Morgan fingerprint density at radius 2 is 1.64 bits per heavy atom. The van der Waals surface area contributed by atoms with Gasteiger partial charge < -0.3 is 14.6 Å². The summed E-state index contributed by atoms with van der Waals surface area (Å²) in [5, 5.41) is 3.01. The average molecular weight is 617 g/mol. The van der Waals surface area contributed by atoms with Gasteiger partial charge in [0.15, 0.2) is 4.80 Å². The molecule has 1 aliphatic rings. The maximum absolute atomic E-state index is 14.3. The first-order chi connectivity index (χ1) is 21.7. The third-order valence-corrected chi connectivity index (χ3v) is 9.21. The predicted molar refractivity (Wildman–Crippen MR) is 181 cm³/mol. The maximum Gasteiger partial charge on any atom is 0.271 e. The van der Waals surface area contributed by atoms with E-state index >= 15 is 0 Å². The summed E-state index contributed by atoms with van der Waals surface area (Å²) in [7, 11) is 0. The number of para-hydroxylation sites is 2. The van der Waals surface area contributed by atoms with E-state index in [0.717, 1.165) is 34.0 Å². The molecule has 3 heterocycles. The number of hydrogen-bond acceptors (Lipinski definition) is 5. The van der Waals surface area contributed by atoms with Crippen LogP contribution in [-0.2, 0) is 4.79 Å². The van der Waals surface area contributed by atoms with Gasteiger partial charge in [-0.2, -0.15) is 0 Å². The van der Waals surface area contributed by atoms with E-state index in [0.29, 0.717) is 32.9 Å². The fourth-order valence-electron chi connectivity index (χ4n) is 6.14. The van der Waals surface area contributed by atoms with Gasteiger partial charge in [-0.25, -0.2) is 4.99 Å². The molecule has 8 heteroatoms. The van der Waals surface area contributed by atoms with Crippen molar-refractivity contribution in [3.05, 3.63) is 143 Å². The second-order valence-electron chi connectivity index (χ2n) is 11.3. The molecule has 228 valence electrons. The number of nitrogens with one attached hydrogen (secondary N) is 1. The first-order valence-electron chi connectivity index (χ1n) is 15.0. The van der Waals surface area contributed by atoms with Gasteiger partial charge in [0.05, 0.1) is 34.1 Å². The number of carbonyl (C=O) groups is 1. The van der Waals surface area contributed by atoms with Gasteiger partial charge in [-0.3, -0.25) is 14.2 Å². The molecular weight excluding hydrogens is 580 g/mol. The van der Waals surface area contributed by atoms with Gasteiger partial charge in [-0.1, -0.05) is 59.9 Å². The molecule has 0 radical (unpaired) electrons. The zero-order chi connectivity index (χ0) is 31.8. The van der Waals surface area contributed by atoms with E-state index in [4.69, 9.17) is 9.73 Å². The molecule has 1 N–H and O–H groups in total. The number of fused-ring (bicyclic) bond motifs is 1. The highest BCUT2D eigenvalue weighted by molar-refractivity contribution is 7.07. The molecule has 45 heavy (non-hydrogen) atoms. The number of aryl methyl sites for hydroxylation is 3. The van der Waals surface area contributed by atoms with E-state index in [9.17, 15) is 9.59 Å². The topological polar surface area (TPSA) is 77.6 Å². The van der Waals surface area contributed by atoms with Crippen molar-refractivity contribution >= 4 is 29.0 Å². The van der Waals surface area contributed by atoms with Gasteiger partial charge in [-0.05, 0) is 100 Å². The number of carbonyl (C=O) groups excluding carboxylic acids is 1. The summed E-state index contributed by atoms with van der Waals surface area (Å²) in [5.41, 5.74) is 8.93. The van der Waals surface area contributed by atoms with E-state index < -0.39 is 6.04 Å².